The second-order valence-electron chi connectivity index (χ2n) is 4.52. The Hall–Kier alpha value is -2.93. The van der Waals surface area contributed by atoms with Crippen LogP contribution in [0.5, 0.6) is 5.75 Å². The molecule has 22 heavy (non-hydrogen) atoms. The van der Waals surface area contributed by atoms with E-state index in [1.807, 2.05) is 0 Å². The van der Waals surface area contributed by atoms with Crippen LogP contribution in [0.3, 0.4) is 0 Å². The van der Waals surface area contributed by atoms with Gasteiger partial charge in [-0.25, -0.2) is 4.79 Å². The maximum absolute atomic E-state index is 11.7. The highest BCUT2D eigenvalue weighted by Crippen LogP contribution is 2.38. The number of nitrogens with zero attached hydrogens (tertiary/aromatic N) is 1. The first-order valence-electron chi connectivity index (χ1n) is 6.25. The molecule has 2 rings (SSSR count). The van der Waals surface area contributed by atoms with Crippen LogP contribution in [0.2, 0.25) is 0 Å². The zero-order valence-corrected chi connectivity index (χ0v) is 11.6. The molecule has 114 valence electrons. The third kappa shape index (κ3) is 2.49. The van der Waals surface area contributed by atoms with Gasteiger partial charge in [0.15, 0.2) is 0 Å². The zero-order valence-electron chi connectivity index (χ0n) is 11.6. The smallest absolute Gasteiger partial charge is 0.345 e. The highest BCUT2D eigenvalue weighted by Gasteiger charge is 2.45. The molecule has 0 amide bonds. The molecule has 0 spiro atoms. The van der Waals surface area contributed by atoms with Crippen LogP contribution < -0.4 is 4.74 Å². The Balaban J connectivity index is 2.78. The summed E-state index contributed by atoms with van der Waals surface area (Å²) in [7, 11) is 1.34. The third-order valence-corrected chi connectivity index (χ3v) is 3.29. The van der Waals surface area contributed by atoms with Crippen LogP contribution in [-0.4, -0.2) is 28.2 Å². The van der Waals surface area contributed by atoms with Crippen molar-refractivity contribution >= 4 is 11.7 Å². The molecule has 2 aromatic carbocycles. The summed E-state index contributed by atoms with van der Waals surface area (Å²) < 4.78 is 4.97. The number of nitro benzene ring substituents is 1. The van der Waals surface area contributed by atoms with Gasteiger partial charge in [0.25, 0.3) is 5.69 Å². The first-order valence-corrected chi connectivity index (χ1v) is 6.25. The number of methoxy groups -OCH3 is 1. The molecule has 7 nitrogen and oxygen atoms in total. The van der Waals surface area contributed by atoms with Crippen LogP contribution in [0.1, 0.15) is 11.1 Å². The van der Waals surface area contributed by atoms with Gasteiger partial charge >= 0.3 is 5.97 Å². The van der Waals surface area contributed by atoms with Gasteiger partial charge in [-0.05, 0) is 17.7 Å². The largest absolute Gasteiger partial charge is 0.497 e. The molecule has 0 heterocycles. The maximum atomic E-state index is 11.7. The van der Waals surface area contributed by atoms with Gasteiger partial charge in [-0.1, -0.05) is 30.3 Å². The first-order chi connectivity index (χ1) is 10.4. The van der Waals surface area contributed by atoms with E-state index < -0.39 is 22.2 Å². The number of ether oxygens (including phenoxy) is 1. The van der Waals surface area contributed by atoms with Crippen molar-refractivity contribution in [1.29, 1.82) is 0 Å². The second-order valence-corrected chi connectivity index (χ2v) is 4.52. The van der Waals surface area contributed by atoms with Gasteiger partial charge in [-0.15, -0.1) is 0 Å². The van der Waals surface area contributed by atoms with E-state index in [1.165, 1.54) is 37.4 Å². The van der Waals surface area contributed by atoms with Crippen molar-refractivity contribution in [3.05, 3.63) is 69.8 Å². The fraction of sp³-hybridized carbons (Fsp3) is 0.133. The molecule has 0 aliphatic heterocycles. The Kier molecular flexibility index (Phi) is 4.09. The van der Waals surface area contributed by atoms with Gasteiger partial charge in [-0.3, -0.25) is 10.1 Å². The van der Waals surface area contributed by atoms with Crippen molar-refractivity contribution in [3.63, 3.8) is 0 Å². The molecule has 0 aliphatic rings. The number of hydrogen-bond donors (Lipinski definition) is 2. The lowest BCUT2D eigenvalue weighted by Crippen LogP contribution is -2.37. The van der Waals surface area contributed by atoms with Gasteiger partial charge < -0.3 is 14.9 Å². The van der Waals surface area contributed by atoms with Crippen molar-refractivity contribution in [1.82, 2.24) is 0 Å². The molecule has 2 aromatic rings. The second kappa shape index (κ2) is 5.82. The van der Waals surface area contributed by atoms with Crippen molar-refractivity contribution < 1.29 is 24.7 Å². The standard InChI is InChI=1S/C15H13NO6/c1-22-11-7-8-13(16(20)21)12(9-11)15(19,14(17)18)10-5-3-2-4-6-10/h2-9,19H,1H3,(H,17,18)/t15-/m1/s1. The summed E-state index contributed by atoms with van der Waals surface area (Å²) in [5, 5.41) is 31.4. The number of aliphatic carboxylic acids is 1. The minimum Gasteiger partial charge on any atom is -0.497 e. The molecule has 2 N–H and O–H groups in total. The van der Waals surface area contributed by atoms with Crippen LogP contribution in [0.4, 0.5) is 5.69 Å². The molecule has 0 fully saturated rings. The van der Waals surface area contributed by atoms with Crippen molar-refractivity contribution in [2.75, 3.05) is 7.11 Å². The number of carboxylic acid groups (broad SMARTS) is 1. The number of aliphatic hydroxyl groups is 1. The van der Waals surface area contributed by atoms with E-state index >= 15 is 0 Å². The minimum absolute atomic E-state index is 0.0128. The Bertz CT molecular complexity index is 715. The summed E-state index contributed by atoms with van der Waals surface area (Å²) in [4.78, 5) is 22.1. The lowest BCUT2D eigenvalue weighted by Gasteiger charge is -2.24. The van der Waals surface area contributed by atoms with E-state index in [0.717, 1.165) is 12.1 Å². The number of benzene rings is 2. The fourth-order valence-electron chi connectivity index (χ4n) is 2.16. The monoisotopic (exact) mass is 303 g/mol. The van der Waals surface area contributed by atoms with Gasteiger partial charge in [0.05, 0.1) is 17.6 Å². The normalized spacial score (nSPS) is 13.2. The van der Waals surface area contributed by atoms with Crippen LogP contribution in [-0.2, 0) is 10.4 Å². The number of carboxylic acids is 1. The SMILES string of the molecule is COc1ccc([N+](=O)[O-])c([C@@](O)(C(=O)O)c2ccccc2)c1. The summed E-state index contributed by atoms with van der Waals surface area (Å²) in [6, 6.07) is 11.1. The lowest BCUT2D eigenvalue weighted by atomic mass is 9.85. The molecule has 0 saturated heterocycles. The molecule has 0 unspecified atom stereocenters. The molecule has 0 aliphatic carbocycles. The highest BCUT2D eigenvalue weighted by atomic mass is 16.6. The molecule has 0 radical (unpaired) electrons. The first kappa shape index (κ1) is 15.5. The van der Waals surface area contributed by atoms with Crippen molar-refractivity contribution in [2.24, 2.45) is 0 Å². The third-order valence-electron chi connectivity index (χ3n) is 3.29. The van der Waals surface area contributed by atoms with Gasteiger partial charge in [-0.2, -0.15) is 0 Å². The summed E-state index contributed by atoms with van der Waals surface area (Å²) in [5.74, 6) is -1.41. The lowest BCUT2D eigenvalue weighted by molar-refractivity contribution is -0.386. The summed E-state index contributed by atoms with van der Waals surface area (Å²) in [6.45, 7) is 0. The van der Waals surface area contributed by atoms with E-state index in [2.05, 4.69) is 0 Å². The Labute approximate surface area is 125 Å². The molecule has 7 heteroatoms. The van der Waals surface area contributed by atoms with Crippen LogP contribution in [0.15, 0.2) is 48.5 Å². The van der Waals surface area contributed by atoms with Crippen molar-refractivity contribution in [2.45, 2.75) is 5.60 Å². The van der Waals surface area contributed by atoms with E-state index in [9.17, 15) is 25.1 Å². The predicted molar refractivity (Wildman–Crippen MR) is 76.7 cm³/mol. The molecular formula is C15H13NO6. The zero-order chi connectivity index (χ0) is 16.3. The maximum Gasteiger partial charge on any atom is 0.345 e. The Morgan fingerprint density at radius 3 is 2.36 bits per heavy atom. The summed E-state index contributed by atoms with van der Waals surface area (Å²) >= 11 is 0. The molecule has 0 saturated carbocycles. The number of nitro groups is 1. The minimum atomic E-state index is -2.56. The molecule has 0 aromatic heterocycles. The molecular weight excluding hydrogens is 290 g/mol. The number of carbonyl (C=O) groups is 1. The van der Waals surface area contributed by atoms with Crippen LogP contribution in [0.25, 0.3) is 0 Å². The number of hydrogen-bond acceptors (Lipinski definition) is 5. The van der Waals surface area contributed by atoms with E-state index in [0.29, 0.717) is 0 Å². The van der Waals surface area contributed by atoms with Crippen LogP contribution in [0, 0.1) is 10.1 Å². The fourth-order valence-corrected chi connectivity index (χ4v) is 2.16. The highest BCUT2D eigenvalue weighted by molar-refractivity contribution is 5.85. The van der Waals surface area contributed by atoms with E-state index in [1.54, 1.807) is 6.07 Å². The average molecular weight is 303 g/mol. The number of rotatable bonds is 5. The van der Waals surface area contributed by atoms with Gasteiger partial charge in [0.1, 0.15) is 5.75 Å². The summed E-state index contributed by atoms with van der Waals surface area (Å²) in [6.07, 6.45) is 0. The van der Waals surface area contributed by atoms with E-state index in [4.69, 9.17) is 4.74 Å². The van der Waals surface area contributed by atoms with E-state index in [-0.39, 0.29) is 16.9 Å². The van der Waals surface area contributed by atoms with Gasteiger partial charge in [0, 0.05) is 6.07 Å². The van der Waals surface area contributed by atoms with Crippen LogP contribution >= 0.6 is 0 Å². The Morgan fingerprint density at radius 1 is 1.23 bits per heavy atom. The molecule has 0 bridgehead atoms. The quantitative estimate of drug-likeness (QED) is 0.645. The van der Waals surface area contributed by atoms with Gasteiger partial charge in [0.2, 0.25) is 5.60 Å². The average Bonchev–Trinajstić information content (AvgIpc) is 2.53. The predicted octanol–water partition coefficient (Wildman–Crippen LogP) is 1.92. The van der Waals surface area contributed by atoms with Crippen molar-refractivity contribution in [3.8, 4) is 5.75 Å². The topological polar surface area (TPSA) is 110 Å². The summed E-state index contributed by atoms with van der Waals surface area (Å²) in [5.41, 5.74) is -3.41. The molecule has 1 atom stereocenters. The Morgan fingerprint density at radius 2 is 1.86 bits per heavy atom.